The number of rotatable bonds is 4. The van der Waals surface area contributed by atoms with Crippen LogP contribution in [0.2, 0.25) is 0 Å². The number of carbonyl (C=O) groups is 1. The summed E-state index contributed by atoms with van der Waals surface area (Å²) in [4.78, 5) is 16.1. The van der Waals surface area contributed by atoms with E-state index in [0.29, 0.717) is 5.75 Å². The average Bonchev–Trinajstić information content (AvgIpc) is 2.46. The number of benzene rings is 1. The van der Waals surface area contributed by atoms with Crippen molar-refractivity contribution in [2.75, 3.05) is 7.11 Å². The number of pyridine rings is 1. The van der Waals surface area contributed by atoms with Crippen LogP contribution >= 0.6 is 0 Å². The fourth-order valence-electron chi connectivity index (χ4n) is 1.89. The first-order valence-corrected chi connectivity index (χ1v) is 6.10. The highest BCUT2D eigenvalue weighted by Gasteiger charge is 2.30. The summed E-state index contributed by atoms with van der Waals surface area (Å²) >= 11 is 0. The third-order valence-corrected chi connectivity index (χ3v) is 2.87. The van der Waals surface area contributed by atoms with E-state index in [9.17, 15) is 18.0 Å². The molecule has 21 heavy (non-hydrogen) atoms. The number of nitrogens with zero attached hydrogens (tertiary/aromatic N) is 1. The van der Waals surface area contributed by atoms with Gasteiger partial charge >= 0.3 is 6.18 Å². The van der Waals surface area contributed by atoms with E-state index in [1.807, 2.05) is 0 Å². The number of ether oxygens (including phenoxy) is 1. The lowest BCUT2D eigenvalue weighted by Gasteiger charge is -2.09. The molecule has 6 heteroatoms. The van der Waals surface area contributed by atoms with Gasteiger partial charge in [-0.1, -0.05) is 18.2 Å². The van der Waals surface area contributed by atoms with E-state index < -0.39 is 17.5 Å². The fraction of sp³-hybridized carbons (Fsp3) is 0.200. The molecule has 0 unspecified atom stereocenters. The molecule has 2 rings (SSSR count). The van der Waals surface area contributed by atoms with Crippen LogP contribution in [0.15, 0.2) is 42.6 Å². The van der Waals surface area contributed by atoms with Gasteiger partial charge in [0.15, 0.2) is 5.78 Å². The van der Waals surface area contributed by atoms with Crippen LogP contribution in [-0.2, 0) is 12.6 Å². The molecule has 0 amide bonds. The monoisotopic (exact) mass is 295 g/mol. The zero-order chi connectivity index (χ0) is 15.5. The molecular formula is C15H12F3NO2. The zero-order valence-corrected chi connectivity index (χ0v) is 11.1. The summed E-state index contributed by atoms with van der Waals surface area (Å²) in [7, 11) is 1.40. The van der Waals surface area contributed by atoms with Gasteiger partial charge in [-0.3, -0.25) is 4.79 Å². The Morgan fingerprint density at radius 3 is 2.67 bits per heavy atom. The largest absolute Gasteiger partial charge is 0.494 e. The molecule has 0 spiro atoms. The fourth-order valence-corrected chi connectivity index (χ4v) is 1.89. The topological polar surface area (TPSA) is 39.2 Å². The van der Waals surface area contributed by atoms with E-state index in [4.69, 9.17) is 4.74 Å². The van der Waals surface area contributed by atoms with Crippen LogP contribution in [0.4, 0.5) is 13.2 Å². The number of carbonyl (C=O) groups excluding carboxylic acids is 1. The number of halogens is 3. The highest BCUT2D eigenvalue weighted by atomic mass is 19.4. The highest BCUT2D eigenvalue weighted by Crippen LogP contribution is 2.29. The van der Waals surface area contributed by atoms with E-state index in [0.717, 1.165) is 12.1 Å². The molecule has 0 fully saturated rings. The van der Waals surface area contributed by atoms with Gasteiger partial charge in [0, 0.05) is 12.6 Å². The van der Waals surface area contributed by atoms with Crippen LogP contribution in [0.1, 0.15) is 21.6 Å². The molecule has 0 radical (unpaired) electrons. The number of methoxy groups -OCH3 is 1. The second-order valence-electron chi connectivity index (χ2n) is 4.35. The molecule has 0 aliphatic heterocycles. The van der Waals surface area contributed by atoms with E-state index >= 15 is 0 Å². The van der Waals surface area contributed by atoms with E-state index in [-0.39, 0.29) is 17.7 Å². The molecule has 110 valence electrons. The molecular weight excluding hydrogens is 283 g/mol. The minimum absolute atomic E-state index is 0.109. The van der Waals surface area contributed by atoms with Crippen molar-refractivity contribution in [3.63, 3.8) is 0 Å². The molecule has 3 nitrogen and oxygen atoms in total. The number of aromatic nitrogens is 1. The van der Waals surface area contributed by atoms with Gasteiger partial charge in [-0.15, -0.1) is 0 Å². The lowest BCUT2D eigenvalue weighted by atomic mass is 10.0. The van der Waals surface area contributed by atoms with Gasteiger partial charge in [0.2, 0.25) is 0 Å². The van der Waals surface area contributed by atoms with Crippen molar-refractivity contribution in [1.29, 1.82) is 0 Å². The maximum absolute atomic E-state index is 12.6. The molecule has 0 atom stereocenters. The first-order valence-electron chi connectivity index (χ1n) is 6.10. The Hall–Kier alpha value is -2.37. The minimum atomic E-state index is -4.43. The van der Waals surface area contributed by atoms with Crippen molar-refractivity contribution in [2.24, 2.45) is 0 Å². The maximum Gasteiger partial charge on any atom is 0.416 e. The van der Waals surface area contributed by atoms with Gasteiger partial charge in [0.1, 0.15) is 11.4 Å². The number of alkyl halides is 3. The van der Waals surface area contributed by atoms with Gasteiger partial charge in [0.05, 0.1) is 12.7 Å². The molecule has 0 aliphatic carbocycles. The molecule has 1 aromatic carbocycles. The minimum Gasteiger partial charge on any atom is -0.494 e. The van der Waals surface area contributed by atoms with E-state index in [1.165, 1.54) is 25.4 Å². The molecule has 1 heterocycles. The van der Waals surface area contributed by atoms with Crippen LogP contribution in [-0.4, -0.2) is 17.9 Å². The Bertz CT molecular complexity index is 653. The van der Waals surface area contributed by atoms with Crippen molar-refractivity contribution < 1.29 is 22.7 Å². The van der Waals surface area contributed by atoms with Gasteiger partial charge < -0.3 is 4.74 Å². The Morgan fingerprint density at radius 2 is 2.00 bits per heavy atom. The predicted molar refractivity (Wildman–Crippen MR) is 70.3 cm³/mol. The highest BCUT2D eigenvalue weighted by molar-refractivity contribution is 5.98. The first-order chi connectivity index (χ1) is 9.91. The Labute approximate surface area is 119 Å². The van der Waals surface area contributed by atoms with Crippen LogP contribution in [0.3, 0.4) is 0 Å². The molecule has 0 N–H and O–H groups in total. The van der Waals surface area contributed by atoms with Crippen LogP contribution in [0.25, 0.3) is 0 Å². The molecule has 0 saturated heterocycles. The normalized spacial score (nSPS) is 11.2. The lowest BCUT2D eigenvalue weighted by Crippen LogP contribution is -2.10. The molecule has 0 bridgehead atoms. The standard InChI is InChI=1S/C15H12F3NO2/c1-21-13-6-3-7-19-14(13)12(20)9-10-4-2-5-11(8-10)15(16,17)18/h2-8H,9H2,1H3. The average molecular weight is 295 g/mol. The van der Waals surface area contributed by atoms with Gasteiger partial charge in [0.25, 0.3) is 0 Å². The molecule has 1 aromatic heterocycles. The summed E-state index contributed by atoms with van der Waals surface area (Å²) in [5, 5.41) is 0. The Kier molecular flexibility index (Phi) is 4.26. The van der Waals surface area contributed by atoms with Crippen LogP contribution in [0.5, 0.6) is 5.75 Å². The predicted octanol–water partition coefficient (Wildman–Crippen LogP) is 3.53. The number of hydrogen-bond donors (Lipinski definition) is 0. The third-order valence-electron chi connectivity index (χ3n) is 2.87. The van der Waals surface area contributed by atoms with Crippen molar-refractivity contribution >= 4 is 5.78 Å². The van der Waals surface area contributed by atoms with Crippen molar-refractivity contribution in [2.45, 2.75) is 12.6 Å². The van der Waals surface area contributed by atoms with E-state index in [1.54, 1.807) is 12.1 Å². The number of Topliss-reactive ketones (excluding diaryl/α,β-unsaturated/α-hetero) is 1. The molecule has 0 saturated carbocycles. The van der Waals surface area contributed by atoms with Crippen molar-refractivity contribution in [3.8, 4) is 5.75 Å². The summed E-state index contributed by atoms with van der Waals surface area (Å²) in [6.07, 6.45) is -3.17. The summed E-state index contributed by atoms with van der Waals surface area (Å²) in [5.74, 6) is -0.0961. The Morgan fingerprint density at radius 1 is 1.24 bits per heavy atom. The summed E-state index contributed by atoms with van der Waals surface area (Å²) in [6.45, 7) is 0. The number of ketones is 1. The maximum atomic E-state index is 12.6. The van der Waals surface area contributed by atoms with Gasteiger partial charge in [-0.2, -0.15) is 13.2 Å². The number of hydrogen-bond acceptors (Lipinski definition) is 3. The van der Waals surface area contributed by atoms with Gasteiger partial charge in [-0.25, -0.2) is 4.98 Å². The van der Waals surface area contributed by atoms with Crippen LogP contribution < -0.4 is 4.74 Å². The second-order valence-corrected chi connectivity index (χ2v) is 4.35. The van der Waals surface area contributed by atoms with Crippen LogP contribution in [0, 0.1) is 0 Å². The summed E-state index contributed by atoms with van der Waals surface area (Å²) in [6, 6.07) is 7.87. The first kappa shape index (κ1) is 15.0. The Balaban J connectivity index is 2.24. The zero-order valence-electron chi connectivity index (χ0n) is 11.1. The quantitative estimate of drug-likeness (QED) is 0.810. The SMILES string of the molecule is COc1cccnc1C(=O)Cc1cccc(C(F)(F)F)c1. The van der Waals surface area contributed by atoms with Crippen molar-refractivity contribution in [1.82, 2.24) is 4.98 Å². The lowest BCUT2D eigenvalue weighted by molar-refractivity contribution is -0.137. The summed E-state index contributed by atoms with van der Waals surface area (Å²) in [5.41, 5.74) is -0.388. The smallest absolute Gasteiger partial charge is 0.416 e. The third kappa shape index (κ3) is 3.59. The van der Waals surface area contributed by atoms with Gasteiger partial charge in [-0.05, 0) is 23.8 Å². The van der Waals surface area contributed by atoms with E-state index in [2.05, 4.69) is 4.98 Å². The molecule has 0 aliphatic rings. The second kappa shape index (κ2) is 5.95. The van der Waals surface area contributed by atoms with Crippen molar-refractivity contribution in [3.05, 3.63) is 59.4 Å². The molecule has 2 aromatic rings. The summed E-state index contributed by atoms with van der Waals surface area (Å²) < 4.78 is 42.9.